The molecule has 3 aromatic rings. The van der Waals surface area contributed by atoms with Gasteiger partial charge in [0.25, 0.3) is 0 Å². The van der Waals surface area contributed by atoms with Gasteiger partial charge < -0.3 is 26.8 Å². The minimum Gasteiger partial charge on any atom is -0.379 e. The van der Waals surface area contributed by atoms with Crippen molar-refractivity contribution in [1.29, 1.82) is 0 Å². The second kappa shape index (κ2) is 10.7. The van der Waals surface area contributed by atoms with E-state index in [-0.39, 0.29) is 17.8 Å². The number of rotatable bonds is 5. The lowest BCUT2D eigenvalue weighted by Crippen LogP contribution is -2.53. The van der Waals surface area contributed by atoms with Gasteiger partial charge in [-0.2, -0.15) is 0 Å². The molecule has 1 atom stereocenters. The first-order chi connectivity index (χ1) is 18.5. The number of aliphatic imine (C=N–C) groups is 1. The Morgan fingerprint density at radius 1 is 1.13 bits per heavy atom. The van der Waals surface area contributed by atoms with E-state index in [1.54, 1.807) is 17.4 Å². The SMILES string of the molecule is NC1CCC(C2(N)N=C(Nc3cc(F)cc(CN4CCOCC4)c3)NC=C2c2ccc3ncsc3c2)CC1. The van der Waals surface area contributed by atoms with Crippen LogP contribution in [0.1, 0.15) is 36.8 Å². The molecule has 0 amide bonds. The van der Waals surface area contributed by atoms with Crippen molar-refractivity contribution < 1.29 is 9.13 Å². The highest BCUT2D eigenvalue weighted by molar-refractivity contribution is 7.16. The number of nitrogens with two attached hydrogens (primary N) is 2. The molecule has 2 aliphatic heterocycles. The first kappa shape index (κ1) is 25.4. The number of hydrogen-bond donors (Lipinski definition) is 4. The lowest BCUT2D eigenvalue weighted by molar-refractivity contribution is 0.0341. The van der Waals surface area contributed by atoms with E-state index in [0.717, 1.165) is 65.7 Å². The predicted molar refractivity (Wildman–Crippen MR) is 151 cm³/mol. The maximum atomic E-state index is 14.6. The molecule has 10 heteroatoms. The van der Waals surface area contributed by atoms with Crippen LogP contribution in [0.25, 0.3) is 15.8 Å². The Hall–Kier alpha value is -2.89. The summed E-state index contributed by atoms with van der Waals surface area (Å²) in [4.78, 5) is 11.7. The Bertz CT molecular complexity index is 1360. The number of fused-ring (bicyclic) bond motifs is 1. The molecule has 200 valence electrons. The van der Waals surface area contributed by atoms with E-state index in [1.165, 1.54) is 6.07 Å². The summed E-state index contributed by atoms with van der Waals surface area (Å²) in [5, 5.41) is 6.59. The monoisotopic (exact) mass is 535 g/mol. The number of aromatic nitrogens is 1. The third kappa shape index (κ3) is 5.32. The molecule has 0 radical (unpaired) electrons. The molecule has 1 saturated carbocycles. The Morgan fingerprint density at radius 2 is 1.95 bits per heavy atom. The van der Waals surface area contributed by atoms with Gasteiger partial charge in [0.15, 0.2) is 0 Å². The first-order valence-corrected chi connectivity index (χ1v) is 14.2. The van der Waals surface area contributed by atoms with Crippen LogP contribution in [0, 0.1) is 11.7 Å². The third-order valence-corrected chi connectivity index (χ3v) is 8.64. The van der Waals surface area contributed by atoms with Crippen molar-refractivity contribution in [3.63, 3.8) is 0 Å². The molecular formula is C28H34FN7OS. The van der Waals surface area contributed by atoms with E-state index in [1.807, 2.05) is 23.8 Å². The van der Waals surface area contributed by atoms with Crippen molar-refractivity contribution in [1.82, 2.24) is 15.2 Å². The highest BCUT2D eigenvalue weighted by Gasteiger charge is 2.42. The summed E-state index contributed by atoms with van der Waals surface area (Å²) in [6, 6.07) is 11.5. The maximum Gasteiger partial charge on any atom is 0.202 e. The number of hydrogen-bond acceptors (Lipinski definition) is 9. The van der Waals surface area contributed by atoms with Crippen molar-refractivity contribution in [3.05, 3.63) is 65.1 Å². The summed E-state index contributed by atoms with van der Waals surface area (Å²) in [5.41, 5.74) is 18.8. The highest BCUT2D eigenvalue weighted by atomic mass is 32.1. The van der Waals surface area contributed by atoms with Crippen LogP contribution in [0.5, 0.6) is 0 Å². The Balaban J connectivity index is 1.29. The average molecular weight is 536 g/mol. The van der Waals surface area contributed by atoms with E-state index < -0.39 is 5.66 Å². The zero-order valence-corrected chi connectivity index (χ0v) is 22.1. The second-order valence-electron chi connectivity index (χ2n) is 10.5. The fraction of sp³-hybridized carbons (Fsp3) is 0.429. The topological polar surface area (TPSA) is 114 Å². The molecular weight excluding hydrogens is 501 g/mol. The summed E-state index contributed by atoms with van der Waals surface area (Å²) in [6.07, 6.45) is 5.59. The molecule has 3 heterocycles. The Morgan fingerprint density at radius 3 is 2.76 bits per heavy atom. The number of ether oxygens (including phenoxy) is 1. The molecule has 3 aliphatic rings. The zero-order chi connectivity index (χ0) is 26.1. The summed E-state index contributed by atoms with van der Waals surface area (Å²) in [5.74, 6) is 0.353. The number of thiazole rings is 1. The average Bonchev–Trinajstić information content (AvgIpc) is 3.37. The van der Waals surface area contributed by atoms with Gasteiger partial charge in [-0.15, -0.1) is 11.3 Å². The molecule has 1 aliphatic carbocycles. The van der Waals surface area contributed by atoms with Crippen LogP contribution < -0.4 is 22.1 Å². The number of morpholine rings is 1. The standard InChI is InChI=1S/C28H34FN7OS/c29-21-11-18(16-36-7-9-37-10-8-36)12-23(14-21)34-27-32-15-24(19-1-6-25-26(13-19)38-17-33-25)28(31,35-27)20-2-4-22(30)5-3-20/h1,6,11-15,17,20,22H,2-5,7-10,16,30-31H2,(H2,32,34,35). The van der Waals surface area contributed by atoms with Crippen molar-refractivity contribution in [2.75, 3.05) is 31.6 Å². The lowest BCUT2D eigenvalue weighted by Gasteiger charge is -2.42. The second-order valence-corrected chi connectivity index (χ2v) is 11.4. The fourth-order valence-corrected chi connectivity index (χ4v) is 6.49. The minimum absolute atomic E-state index is 0.133. The summed E-state index contributed by atoms with van der Waals surface area (Å²) in [6.45, 7) is 3.76. The summed E-state index contributed by atoms with van der Waals surface area (Å²) in [7, 11) is 0. The number of halogens is 1. The van der Waals surface area contributed by atoms with Gasteiger partial charge in [0, 0.05) is 49.1 Å². The van der Waals surface area contributed by atoms with E-state index >= 15 is 0 Å². The van der Waals surface area contributed by atoms with Crippen LogP contribution in [-0.2, 0) is 11.3 Å². The normalized spacial score (nSPS) is 26.5. The molecule has 0 bridgehead atoms. The maximum absolute atomic E-state index is 14.6. The number of benzene rings is 2. The van der Waals surface area contributed by atoms with Gasteiger partial charge in [-0.05, 0) is 67.1 Å². The van der Waals surface area contributed by atoms with Crippen LogP contribution in [0.3, 0.4) is 0 Å². The van der Waals surface area contributed by atoms with Gasteiger partial charge in [-0.1, -0.05) is 6.07 Å². The molecule has 1 saturated heterocycles. The van der Waals surface area contributed by atoms with Gasteiger partial charge in [-0.25, -0.2) is 14.4 Å². The van der Waals surface area contributed by atoms with Crippen molar-refractivity contribution >= 4 is 38.8 Å². The van der Waals surface area contributed by atoms with Gasteiger partial charge in [0.2, 0.25) is 5.96 Å². The van der Waals surface area contributed by atoms with Gasteiger partial charge in [0.1, 0.15) is 11.5 Å². The van der Waals surface area contributed by atoms with Gasteiger partial charge in [0.05, 0.1) is 28.9 Å². The Kier molecular flexibility index (Phi) is 7.15. The van der Waals surface area contributed by atoms with E-state index in [4.69, 9.17) is 21.2 Å². The number of guanidine groups is 1. The molecule has 0 spiro atoms. The smallest absolute Gasteiger partial charge is 0.202 e. The Labute approximate surface area is 226 Å². The van der Waals surface area contributed by atoms with Crippen molar-refractivity contribution in [2.24, 2.45) is 22.4 Å². The quantitative estimate of drug-likeness (QED) is 0.392. The lowest BCUT2D eigenvalue weighted by atomic mass is 9.74. The number of nitrogens with one attached hydrogen (secondary N) is 2. The van der Waals surface area contributed by atoms with Crippen LogP contribution in [-0.4, -0.2) is 53.9 Å². The molecule has 1 aromatic heterocycles. The summed E-state index contributed by atoms with van der Waals surface area (Å²) >= 11 is 1.61. The molecule has 8 nitrogen and oxygen atoms in total. The largest absolute Gasteiger partial charge is 0.379 e. The number of nitrogens with zero attached hydrogens (tertiary/aromatic N) is 3. The van der Waals surface area contributed by atoms with Crippen LogP contribution in [0.15, 0.2) is 53.1 Å². The van der Waals surface area contributed by atoms with Crippen LogP contribution in [0.2, 0.25) is 0 Å². The first-order valence-electron chi connectivity index (χ1n) is 13.3. The van der Waals surface area contributed by atoms with Gasteiger partial charge in [-0.3, -0.25) is 4.90 Å². The van der Waals surface area contributed by atoms with E-state index in [9.17, 15) is 4.39 Å². The highest BCUT2D eigenvalue weighted by Crippen LogP contribution is 2.42. The minimum atomic E-state index is -0.948. The molecule has 2 fully saturated rings. The van der Waals surface area contributed by atoms with Crippen LogP contribution >= 0.6 is 11.3 Å². The fourth-order valence-electron chi connectivity index (χ4n) is 5.77. The third-order valence-electron chi connectivity index (χ3n) is 7.85. The summed E-state index contributed by atoms with van der Waals surface area (Å²) < 4.78 is 21.2. The van der Waals surface area contributed by atoms with E-state index in [2.05, 4.69) is 32.7 Å². The molecule has 2 aromatic carbocycles. The number of anilines is 1. The zero-order valence-electron chi connectivity index (χ0n) is 21.3. The van der Waals surface area contributed by atoms with E-state index in [0.29, 0.717) is 31.4 Å². The predicted octanol–water partition coefficient (Wildman–Crippen LogP) is 3.85. The molecule has 1 unspecified atom stereocenters. The molecule has 6 N–H and O–H groups in total. The van der Waals surface area contributed by atoms with Crippen LogP contribution in [0.4, 0.5) is 10.1 Å². The van der Waals surface area contributed by atoms with Crippen molar-refractivity contribution in [2.45, 2.75) is 43.9 Å². The van der Waals surface area contributed by atoms with Gasteiger partial charge >= 0.3 is 0 Å². The van der Waals surface area contributed by atoms with Crippen molar-refractivity contribution in [3.8, 4) is 0 Å². The molecule has 38 heavy (non-hydrogen) atoms. The molecule has 6 rings (SSSR count).